The number of rotatable bonds is 8. The number of nitrogens with zero attached hydrogens (tertiary/aromatic N) is 3. The van der Waals surface area contributed by atoms with Crippen LogP contribution in [0.15, 0.2) is 61.2 Å². The predicted octanol–water partition coefficient (Wildman–Crippen LogP) is 3.01. The standard InChI is InChI=1S/C21H23ClN4O4S/c1-15(26(31(3,28)29)17-8-9-20(30-2)18(22)12-17)21(27)24-13-16-6-4-5-7-19(16)25-11-10-23-14-25/h4-12,14-15H,13H2,1-3H3,(H,24,27)/t15-/m1/s1. The van der Waals surface area contributed by atoms with Gasteiger partial charge in [0.1, 0.15) is 11.8 Å². The summed E-state index contributed by atoms with van der Waals surface area (Å²) in [6.45, 7) is 1.74. The first-order chi connectivity index (χ1) is 14.7. The van der Waals surface area contributed by atoms with Crippen molar-refractivity contribution in [1.29, 1.82) is 0 Å². The summed E-state index contributed by atoms with van der Waals surface area (Å²) in [5.41, 5.74) is 2.00. The second kappa shape index (κ2) is 9.40. The van der Waals surface area contributed by atoms with Crippen molar-refractivity contribution in [1.82, 2.24) is 14.9 Å². The molecule has 0 fully saturated rings. The number of methoxy groups -OCH3 is 1. The molecule has 2 aromatic carbocycles. The van der Waals surface area contributed by atoms with E-state index in [1.807, 2.05) is 35.0 Å². The van der Waals surface area contributed by atoms with Crippen LogP contribution in [0.25, 0.3) is 5.69 Å². The molecule has 0 saturated carbocycles. The number of para-hydroxylation sites is 1. The van der Waals surface area contributed by atoms with E-state index >= 15 is 0 Å². The summed E-state index contributed by atoms with van der Waals surface area (Å²) < 4.78 is 33.0. The fourth-order valence-corrected chi connectivity index (χ4v) is 4.66. The van der Waals surface area contributed by atoms with Gasteiger partial charge >= 0.3 is 0 Å². The van der Waals surface area contributed by atoms with Crippen LogP contribution in [0.2, 0.25) is 5.02 Å². The molecule has 1 heterocycles. The highest BCUT2D eigenvalue weighted by atomic mass is 35.5. The summed E-state index contributed by atoms with van der Waals surface area (Å²) >= 11 is 6.16. The molecule has 0 aliphatic heterocycles. The molecular formula is C21H23ClN4O4S. The second-order valence-electron chi connectivity index (χ2n) is 6.87. The lowest BCUT2D eigenvalue weighted by atomic mass is 10.1. The van der Waals surface area contributed by atoms with Crippen molar-refractivity contribution < 1.29 is 17.9 Å². The summed E-state index contributed by atoms with van der Waals surface area (Å²) in [6.07, 6.45) is 6.19. The number of halogens is 1. The van der Waals surface area contributed by atoms with E-state index in [1.165, 1.54) is 20.1 Å². The smallest absolute Gasteiger partial charge is 0.243 e. The van der Waals surface area contributed by atoms with Crippen LogP contribution in [0.3, 0.4) is 0 Å². The molecule has 0 unspecified atom stereocenters. The molecule has 31 heavy (non-hydrogen) atoms. The van der Waals surface area contributed by atoms with E-state index in [0.29, 0.717) is 5.75 Å². The van der Waals surface area contributed by atoms with Gasteiger partial charge in [-0.3, -0.25) is 9.10 Å². The number of nitrogens with one attached hydrogen (secondary N) is 1. The van der Waals surface area contributed by atoms with Crippen LogP contribution in [0.4, 0.5) is 5.69 Å². The first-order valence-electron chi connectivity index (χ1n) is 9.39. The molecule has 0 spiro atoms. The maximum absolute atomic E-state index is 12.9. The molecule has 1 amide bonds. The van der Waals surface area contributed by atoms with Crippen molar-refractivity contribution in [3.05, 3.63) is 71.8 Å². The zero-order valence-corrected chi connectivity index (χ0v) is 18.9. The molecule has 3 rings (SSSR count). The highest BCUT2D eigenvalue weighted by Gasteiger charge is 2.29. The van der Waals surface area contributed by atoms with Crippen molar-refractivity contribution in [2.75, 3.05) is 17.7 Å². The number of hydrogen-bond acceptors (Lipinski definition) is 5. The number of anilines is 1. The summed E-state index contributed by atoms with van der Waals surface area (Å²) in [5.74, 6) is -0.0371. The second-order valence-corrected chi connectivity index (χ2v) is 9.14. The van der Waals surface area contributed by atoms with Gasteiger partial charge < -0.3 is 14.6 Å². The van der Waals surface area contributed by atoms with Crippen molar-refractivity contribution in [2.24, 2.45) is 0 Å². The molecule has 0 saturated heterocycles. The van der Waals surface area contributed by atoms with Gasteiger partial charge in [-0.15, -0.1) is 0 Å². The third-order valence-electron chi connectivity index (χ3n) is 4.71. The first kappa shape index (κ1) is 22.6. The zero-order valence-electron chi connectivity index (χ0n) is 17.3. The van der Waals surface area contributed by atoms with E-state index in [0.717, 1.165) is 21.8 Å². The molecule has 1 aromatic heterocycles. The van der Waals surface area contributed by atoms with E-state index < -0.39 is 22.0 Å². The van der Waals surface area contributed by atoms with Crippen LogP contribution >= 0.6 is 11.6 Å². The Hall–Kier alpha value is -3.04. The maximum Gasteiger partial charge on any atom is 0.243 e. The molecular weight excluding hydrogens is 440 g/mol. The number of carbonyl (C=O) groups is 1. The average molecular weight is 463 g/mol. The van der Waals surface area contributed by atoms with Gasteiger partial charge in [0.2, 0.25) is 15.9 Å². The van der Waals surface area contributed by atoms with Crippen molar-refractivity contribution in [2.45, 2.75) is 19.5 Å². The number of aromatic nitrogens is 2. The highest BCUT2D eigenvalue weighted by Crippen LogP contribution is 2.31. The van der Waals surface area contributed by atoms with Crippen LogP contribution in [0.5, 0.6) is 5.75 Å². The Bertz CT molecular complexity index is 1170. The van der Waals surface area contributed by atoms with Crippen molar-refractivity contribution in [3.8, 4) is 11.4 Å². The van der Waals surface area contributed by atoms with Crippen LogP contribution in [-0.4, -0.2) is 43.3 Å². The summed E-state index contributed by atoms with van der Waals surface area (Å²) in [5, 5.41) is 3.07. The minimum absolute atomic E-state index is 0.221. The monoisotopic (exact) mass is 462 g/mol. The van der Waals surface area contributed by atoms with Gasteiger partial charge in [0.25, 0.3) is 0 Å². The number of benzene rings is 2. The number of ether oxygens (including phenoxy) is 1. The first-order valence-corrected chi connectivity index (χ1v) is 11.6. The third kappa shape index (κ3) is 5.18. The largest absolute Gasteiger partial charge is 0.495 e. The lowest BCUT2D eigenvalue weighted by Crippen LogP contribution is -2.47. The fourth-order valence-electron chi connectivity index (χ4n) is 3.25. The van der Waals surface area contributed by atoms with Gasteiger partial charge in [-0.1, -0.05) is 29.8 Å². The summed E-state index contributed by atoms with van der Waals surface area (Å²) in [6, 6.07) is 11.1. The molecule has 0 aliphatic carbocycles. The van der Waals surface area contributed by atoms with Crippen LogP contribution in [0.1, 0.15) is 12.5 Å². The molecule has 10 heteroatoms. The Morgan fingerprint density at radius 3 is 2.65 bits per heavy atom. The minimum Gasteiger partial charge on any atom is -0.495 e. The Morgan fingerprint density at radius 2 is 2.03 bits per heavy atom. The highest BCUT2D eigenvalue weighted by molar-refractivity contribution is 7.92. The van der Waals surface area contributed by atoms with Crippen LogP contribution < -0.4 is 14.4 Å². The number of sulfonamides is 1. The zero-order chi connectivity index (χ0) is 22.6. The lowest BCUT2D eigenvalue weighted by molar-refractivity contribution is -0.122. The molecule has 1 N–H and O–H groups in total. The maximum atomic E-state index is 12.9. The number of hydrogen-bond donors (Lipinski definition) is 1. The van der Waals surface area contributed by atoms with Gasteiger partial charge in [-0.2, -0.15) is 0 Å². The predicted molar refractivity (Wildman–Crippen MR) is 120 cm³/mol. The van der Waals surface area contributed by atoms with E-state index in [1.54, 1.807) is 24.7 Å². The Kier molecular flexibility index (Phi) is 6.87. The van der Waals surface area contributed by atoms with Gasteiger partial charge in [-0.05, 0) is 36.8 Å². The molecule has 3 aromatic rings. The number of amides is 1. The van der Waals surface area contributed by atoms with Crippen molar-refractivity contribution >= 4 is 33.2 Å². The molecule has 164 valence electrons. The molecule has 8 nitrogen and oxygen atoms in total. The molecule has 0 radical (unpaired) electrons. The van der Waals surface area contributed by atoms with E-state index in [4.69, 9.17) is 16.3 Å². The lowest BCUT2D eigenvalue weighted by Gasteiger charge is -2.28. The van der Waals surface area contributed by atoms with Gasteiger partial charge in [0.05, 0.1) is 36.1 Å². The van der Waals surface area contributed by atoms with Gasteiger partial charge in [-0.25, -0.2) is 13.4 Å². The van der Waals surface area contributed by atoms with Crippen LogP contribution in [0, 0.1) is 0 Å². The summed E-state index contributed by atoms with van der Waals surface area (Å²) in [7, 11) is -2.30. The van der Waals surface area contributed by atoms with E-state index in [9.17, 15) is 13.2 Å². The fraction of sp³-hybridized carbons (Fsp3) is 0.238. The number of carbonyl (C=O) groups excluding carboxylic acids is 1. The number of imidazole rings is 1. The Morgan fingerprint density at radius 1 is 1.29 bits per heavy atom. The van der Waals surface area contributed by atoms with Crippen LogP contribution in [-0.2, 0) is 21.4 Å². The molecule has 0 bridgehead atoms. The third-order valence-corrected chi connectivity index (χ3v) is 6.24. The van der Waals surface area contributed by atoms with Crippen molar-refractivity contribution in [3.63, 3.8) is 0 Å². The van der Waals surface area contributed by atoms with Gasteiger partial charge in [0, 0.05) is 18.9 Å². The van der Waals surface area contributed by atoms with Gasteiger partial charge in [0.15, 0.2) is 0 Å². The van der Waals surface area contributed by atoms with E-state index in [-0.39, 0.29) is 17.3 Å². The minimum atomic E-state index is -3.76. The Labute approximate surface area is 186 Å². The quantitative estimate of drug-likeness (QED) is 0.555. The molecule has 1 atom stereocenters. The average Bonchev–Trinajstić information content (AvgIpc) is 3.26. The SMILES string of the molecule is COc1ccc(N([C@H](C)C(=O)NCc2ccccc2-n2ccnc2)S(C)(=O)=O)cc1Cl. The molecule has 0 aliphatic rings. The Balaban J connectivity index is 1.81. The van der Waals surface area contributed by atoms with E-state index in [2.05, 4.69) is 10.3 Å². The topological polar surface area (TPSA) is 93.5 Å². The summed E-state index contributed by atoms with van der Waals surface area (Å²) in [4.78, 5) is 16.9. The normalized spacial score (nSPS) is 12.3.